The quantitative estimate of drug-likeness (QED) is 0.465. The molecule has 153 valence electrons. The molecular weight excluding hydrogens is 372 g/mol. The van der Waals surface area contributed by atoms with Crippen LogP contribution in [0.3, 0.4) is 0 Å². The van der Waals surface area contributed by atoms with Gasteiger partial charge in [0.1, 0.15) is 12.2 Å². The maximum atomic E-state index is 10.5. The van der Waals surface area contributed by atoms with Gasteiger partial charge < -0.3 is 29.6 Å². The zero-order valence-electron chi connectivity index (χ0n) is 16.3. The summed E-state index contributed by atoms with van der Waals surface area (Å²) < 4.78 is 0. The van der Waals surface area contributed by atoms with E-state index in [-0.39, 0.29) is 17.1 Å². The van der Waals surface area contributed by atoms with Crippen LogP contribution in [0.1, 0.15) is 79.1 Å². The predicted molar refractivity (Wildman–Crippen MR) is 93.6 cm³/mol. The molecule has 6 nitrogen and oxygen atoms in total. The van der Waals surface area contributed by atoms with Gasteiger partial charge in [-0.15, -0.1) is 0 Å². The van der Waals surface area contributed by atoms with Crippen LogP contribution in [0.4, 0.5) is 9.59 Å². The van der Waals surface area contributed by atoms with Crippen LogP contribution in [-0.2, 0) is 17.1 Å². The summed E-state index contributed by atoms with van der Waals surface area (Å²) >= 11 is 0. The number of carbonyl (C=O) groups is 2. The third-order valence-corrected chi connectivity index (χ3v) is 3.64. The summed E-state index contributed by atoms with van der Waals surface area (Å²) in [5, 5.41) is 21.1. The third-order valence-electron chi connectivity index (χ3n) is 3.64. The molecule has 2 amide bonds. The maximum Gasteiger partial charge on any atom is 2.00 e. The van der Waals surface area contributed by atoms with E-state index < -0.39 is 12.2 Å². The summed E-state index contributed by atoms with van der Waals surface area (Å²) in [6.45, 7) is 10.7. The number of nitrogens with zero attached hydrogens (tertiary/aromatic N) is 2. The Morgan fingerprint density at radius 1 is 0.600 bits per heavy atom. The normalized spacial score (nSPS) is 9.44. The van der Waals surface area contributed by atoms with Crippen LogP contribution in [0.15, 0.2) is 0 Å². The number of carboxylic acid groups (broad SMARTS) is 2. The van der Waals surface area contributed by atoms with E-state index in [1.807, 2.05) is 27.7 Å². The molecule has 0 rings (SSSR count). The van der Waals surface area contributed by atoms with Crippen molar-refractivity contribution < 1.29 is 36.9 Å². The largest absolute Gasteiger partial charge is 2.00 e. The summed E-state index contributed by atoms with van der Waals surface area (Å²) in [6, 6.07) is 0. The first-order valence-electron chi connectivity index (χ1n) is 9.36. The van der Waals surface area contributed by atoms with E-state index in [9.17, 15) is 19.8 Å². The second-order valence-corrected chi connectivity index (χ2v) is 5.92. The fraction of sp³-hybridized carbons (Fsp3) is 0.889. The zero-order valence-corrected chi connectivity index (χ0v) is 17.3. The number of hydrogen-bond donors (Lipinski definition) is 0. The Labute approximate surface area is 164 Å². The van der Waals surface area contributed by atoms with Gasteiger partial charge in [-0.1, -0.05) is 53.4 Å². The molecule has 0 aromatic rings. The molecule has 7 heteroatoms. The molecule has 0 saturated heterocycles. The van der Waals surface area contributed by atoms with E-state index >= 15 is 0 Å². The molecule has 0 aromatic heterocycles. The SMILES string of the molecule is CCCCN(CCCC)C(=O)[O-].CCCCN(CCCC)C(=O)[O-].[Cu+2]. The van der Waals surface area contributed by atoms with Crippen LogP contribution >= 0.6 is 0 Å². The van der Waals surface area contributed by atoms with Gasteiger partial charge >= 0.3 is 17.1 Å². The Bertz CT molecular complexity index is 271. The zero-order chi connectivity index (χ0) is 18.8. The van der Waals surface area contributed by atoms with Crippen molar-refractivity contribution in [3.63, 3.8) is 0 Å². The van der Waals surface area contributed by atoms with Crippen molar-refractivity contribution in [3.8, 4) is 0 Å². The molecule has 0 heterocycles. The first kappa shape index (κ1) is 28.8. The molecule has 1 radical (unpaired) electrons. The van der Waals surface area contributed by atoms with Crippen molar-refractivity contribution in [1.82, 2.24) is 9.80 Å². The molecule has 0 aromatic carbocycles. The molecule has 0 aliphatic heterocycles. The standard InChI is InChI=1S/2C9H19NO2.Cu/c2*1-3-5-7-10(9(11)12)8-6-4-2;/h2*3-8H2,1-2H3,(H,11,12);/q;;+2/p-2. The van der Waals surface area contributed by atoms with Crippen LogP contribution in [0.5, 0.6) is 0 Å². The Morgan fingerprint density at radius 3 is 0.920 bits per heavy atom. The first-order chi connectivity index (χ1) is 11.4. The molecule has 0 aliphatic rings. The minimum atomic E-state index is -1.03. The Hall–Kier alpha value is -0.941. The van der Waals surface area contributed by atoms with Gasteiger partial charge in [-0.05, 0) is 25.7 Å². The molecule has 0 spiro atoms. The van der Waals surface area contributed by atoms with Crippen molar-refractivity contribution in [2.24, 2.45) is 0 Å². The van der Waals surface area contributed by atoms with E-state index in [1.165, 1.54) is 9.80 Å². The van der Waals surface area contributed by atoms with Crippen LogP contribution < -0.4 is 10.2 Å². The van der Waals surface area contributed by atoms with Crippen molar-refractivity contribution in [2.45, 2.75) is 79.1 Å². The topological polar surface area (TPSA) is 86.7 Å². The van der Waals surface area contributed by atoms with Crippen molar-refractivity contribution >= 4 is 12.2 Å². The molecule has 0 N–H and O–H groups in total. The van der Waals surface area contributed by atoms with Crippen LogP contribution in [-0.4, -0.2) is 48.2 Å². The van der Waals surface area contributed by atoms with Gasteiger partial charge in [0, 0.05) is 26.2 Å². The molecule has 0 bridgehead atoms. The molecule has 0 fully saturated rings. The fourth-order valence-corrected chi connectivity index (χ4v) is 1.98. The smallest absolute Gasteiger partial charge is 0.530 e. The second kappa shape index (κ2) is 21.1. The molecule has 0 aliphatic carbocycles. The number of amides is 2. The van der Waals surface area contributed by atoms with Crippen molar-refractivity contribution in [1.29, 1.82) is 0 Å². The van der Waals surface area contributed by atoms with Gasteiger partial charge in [-0.25, -0.2) is 0 Å². The Morgan fingerprint density at radius 2 is 0.800 bits per heavy atom. The van der Waals surface area contributed by atoms with Crippen molar-refractivity contribution in [2.75, 3.05) is 26.2 Å². The molecule has 0 saturated carbocycles. The Kier molecular flexibility index (Phi) is 24.3. The molecule has 25 heavy (non-hydrogen) atoms. The summed E-state index contributed by atoms with van der Waals surface area (Å²) in [6.07, 6.45) is 5.75. The van der Waals surface area contributed by atoms with E-state index in [0.29, 0.717) is 26.2 Å². The third kappa shape index (κ3) is 19.2. The van der Waals surface area contributed by atoms with Gasteiger partial charge in [-0.3, -0.25) is 0 Å². The van der Waals surface area contributed by atoms with Gasteiger partial charge in [0.05, 0.1) is 0 Å². The van der Waals surface area contributed by atoms with E-state index in [0.717, 1.165) is 51.4 Å². The fourth-order valence-electron chi connectivity index (χ4n) is 1.98. The number of hydrogen-bond acceptors (Lipinski definition) is 4. The number of carbonyl (C=O) groups excluding carboxylic acids is 2. The minimum absolute atomic E-state index is 0. The maximum absolute atomic E-state index is 10.5. The van der Waals surface area contributed by atoms with Gasteiger partial charge in [0.15, 0.2) is 0 Å². The number of unbranched alkanes of at least 4 members (excludes halogenated alkanes) is 4. The van der Waals surface area contributed by atoms with Gasteiger partial charge in [-0.2, -0.15) is 0 Å². The first-order valence-corrected chi connectivity index (χ1v) is 9.36. The van der Waals surface area contributed by atoms with E-state index in [1.54, 1.807) is 0 Å². The summed E-state index contributed by atoms with van der Waals surface area (Å²) in [4.78, 5) is 23.8. The van der Waals surface area contributed by atoms with Crippen LogP contribution in [0.25, 0.3) is 0 Å². The van der Waals surface area contributed by atoms with E-state index in [4.69, 9.17) is 0 Å². The molecule has 0 atom stereocenters. The van der Waals surface area contributed by atoms with Crippen LogP contribution in [0.2, 0.25) is 0 Å². The number of rotatable bonds is 12. The summed E-state index contributed by atoms with van der Waals surface area (Å²) in [7, 11) is 0. The Balaban J connectivity index is -0.000000372. The second-order valence-electron chi connectivity index (χ2n) is 5.92. The monoisotopic (exact) mass is 407 g/mol. The van der Waals surface area contributed by atoms with Gasteiger partial charge in [0.25, 0.3) is 0 Å². The minimum Gasteiger partial charge on any atom is -0.530 e. The molecular formula is C18H36CuN2O4. The summed E-state index contributed by atoms with van der Waals surface area (Å²) in [5.74, 6) is 0. The predicted octanol–water partition coefficient (Wildman–Crippen LogP) is 2.46. The van der Waals surface area contributed by atoms with Crippen molar-refractivity contribution in [3.05, 3.63) is 0 Å². The van der Waals surface area contributed by atoms with Gasteiger partial charge in [0.2, 0.25) is 0 Å². The van der Waals surface area contributed by atoms with Crippen LogP contribution in [0, 0.1) is 0 Å². The van der Waals surface area contributed by atoms with E-state index in [2.05, 4.69) is 0 Å². The average Bonchev–Trinajstić information content (AvgIpc) is 2.55. The molecule has 0 unspecified atom stereocenters. The summed E-state index contributed by atoms with van der Waals surface area (Å²) in [5.41, 5.74) is 0. The average molecular weight is 408 g/mol.